The van der Waals surface area contributed by atoms with E-state index in [9.17, 15) is 13.2 Å². The number of nitrogen functional groups attached to an aromatic ring is 1. The molecule has 1 heterocycles. The lowest BCUT2D eigenvalue weighted by molar-refractivity contribution is -0.137. The molecule has 0 spiro atoms. The molecule has 0 saturated carbocycles. The Labute approximate surface area is 120 Å². The van der Waals surface area contributed by atoms with E-state index in [2.05, 4.69) is 10.3 Å². The highest BCUT2D eigenvalue weighted by Crippen LogP contribution is 2.33. The van der Waals surface area contributed by atoms with E-state index < -0.39 is 11.7 Å². The van der Waals surface area contributed by atoms with Gasteiger partial charge in [-0.3, -0.25) is 0 Å². The van der Waals surface area contributed by atoms with Gasteiger partial charge in [-0.1, -0.05) is 0 Å². The van der Waals surface area contributed by atoms with Gasteiger partial charge in [0, 0.05) is 31.7 Å². The molecule has 0 aliphatic carbocycles. The lowest BCUT2D eigenvalue weighted by atomic mass is 10.2. The van der Waals surface area contributed by atoms with E-state index in [1.807, 2.05) is 31.1 Å². The van der Waals surface area contributed by atoms with Crippen molar-refractivity contribution in [2.75, 3.05) is 30.0 Å². The molecule has 2 rings (SSSR count). The molecule has 3 N–H and O–H groups in total. The molecule has 1 aromatic carbocycles. The highest BCUT2D eigenvalue weighted by Gasteiger charge is 2.31. The van der Waals surface area contributed by atoms with Gasteiger partial charge >= 0.3 is 6.18 Å². The van der Waals surface area contributed by atoms with Gasteiger partial charge in [-0.15, -0.1) is 0 Å². The SMILES string of the molecule is CN(C)c1ccc(Nc2cc(C(F)(F)F)cnc2N)cc1. The summed E-state index contributed by atoms with van der Waals surface area (Å²) in [7, 11) is 3.80. The first kappa shape index (κ1) is 15.0. The van der Waals surface area contributed by atoms with E-state index in [1.54, 1.807) is 12.1 Å². The molecule has 0 fully saturated rings. The highest BCUT2D eigenvalue weighted by molar-refractivity contribution is 5.71. The quantitative estimate of drug-likeness (QED) is 0.910. The number of hydrogen-bond acceptors (Lipinski definition) is 4. The van der Waals surface area contributed by atoms with Gasteiger partial charge < -0.3 is 16.0 Å². The Hall–Kier alpha value is -2.44. The van der Waals surface area contributed by atoms with Crippen LogP contribution < -0.4 is 16.0 Å². The van der Waals surface area contributed by atoms with Crippen molar-refractivity contribution in [3.8, 4) is 0 Å². The van der Waals surface area contributed by atoms with Gasteiger partial charge in [0.05, 0.1) is 11.3 Å². The summed E-state index contributed by atoms with van der Waals surface area (Å²) in [4.78, 5) is 5.50. The Morgan fingerprint density at radius 2 is 1.76 bits per heavy atom. The summed E-state index contributed by atoms with van der Waals surface area (Å²) >= 11 is 0. The summed E-state index contributed by atoms with van der Waals surface area (Å²) in [6.07, 6.45) is -3.73. The molecule has 2 aromatic rings. The summed E-state index contributed by atoms with van der Waals surface area (Å²) in [5.74, 6) is 0.0136. The summed E-state index contributed by atoms with van der Waals surface area (Å²) in [6.45, 7) is 0. The molecule has 0 saturated heterocycles. The third kappa shape index (κ3) is 3.56. The van der Waals surface area contributed by atoms with Crippen LogP contribution in [0, 0.1) is 0 Å². The minimum absolute atomic E-state index is 0.0136. The van der Waals surface area contributed by atoms with Gasteiger partial charge in [0.15, 0.2) is 0 Å². The van der Waals surface area contributed by atoms with Gasteiger partial charge in [-0.05, 0) is 30.3 Å². The predicted molar refractivity (Wildman–Crippen MR) is 77.7 cm³/mol. The van der Waals surface area contributed by atoms with Crippen molar-refractivity contribution in [2.45, 2.75) is 6.18 Å². The fraction of sp³-hybridized carbons (Fsp3) is 0.214. The summed E-state index contributed by atoms with van der Waals surface area (Å²) in [6, 6.07) is 8.16. The second-order valence-corrected chi connectivity index (χ2v) is 4.72. The number of halogens is 3. The van der Waals surface area contributed by atoms with Crippen LogP contribution in [0.5, 0.6) is 0 Å². The van der Waals surface area contributed by atoms with E-state index in [1.165, 1.54) is 0 Å². The van der Waals surface area contributed by atoms with Gasteiger partial charge in [-0.25, -0.2) is 4.98 Å². The number of aromatic nitrogens is 1. The molecule has 7 heteroatoms. The first-order valence-corrected chi connectivity index (χ1v) is 6.14. The zero-order valence-electron chi connectivity index (χ0n) is 11.6. The van der Waals surface area contributed by atoms with E-state index in [4.69, 9.17) is 5.73 Å². The first-order valence-electron chi connectivity index (χ1n) is 6.14. The van der Waals surface area contributed by atoms with Crippen LogP contribution in [0.2, 0.25) is 0 Å². The topological polar surface area (TPSA) is 54.2 Å². The largest absolute Gasteiger partial charge is 0.417 e. The van der Waals surface area contributed by atoms with E-state index in [-0.39, 0.29) is 11.5 Å². The summed E-state index contributed by atoms with van der Waals surface area (Å²) < 4.78 is 38.0. The maximum Gasteiger partial charge on any atom is 0.417 e. The fourth-order valence-corrected chi connectivity index (χ4v) is 1.73. The monoisotopic (exact) mass is 296 g/mol. The smallest absolute Gasteiger partial charge is 0.382 e. The van der Waals surface area contributed by atoms with Crippen LogP contribution in [-0.4, -0.2) is 19.1 Å². The minimum atomic E-state index is -4.45. The molecule has 21 heavy (non-hydrogen) atoms. The lowest BCUT2D eigenvalue weighted by Crippen LogP contribution is -2.09. The van der Waals surface area contributed by atoms with E-state index in [0.717, 1.165) is 18.0 Å². The average molecular weight is 296 g/mol. The number of rotatable bonds is 3. The summed E-state index contributed by atoms with van der Waals surface area (Å²) in [5.41, 5.74) is 6.51. The second-order valence-electron chi connectivity index (χ2n) is 4.72. The number of hydrogen-bond donors (Lipinski definition) is 2. The van der Waals surface area contributed by atoms with Crippen molar-refractivity contribution >= 4 is 22.9 Å². The van der Waals surface area contributed by atoms with E-state index in [0.29, 0.717) is 5.69 Å². The maximum absolute atomic E-state index is 12.7. The van der Waals surface area contributed by atoms with Crippen molar-refractivity contribution in [1.82, 2.24) is 4.98 Å². The third-order valence-corrected chi connectivity index (χ3v) is 2.91. The normalized spacial score (nSPS) is 11.3. The number of benzene rings is 1. The molecule has 0 aliphatic heterocycles. The maximum atomic E-state index is 12.7. The molecular formula is C14H15F3N4. The molecule has 0 radical (unpaired) electrons. The lowest BCUT2D eigenvalue weighted by Gasteiger charge is -2.15. The molecule has 4 nitrogen and oxygen atoms in total. The molecule has 0 aliphatic rings. The number of alkyl halides is 3. The molecule has 112 valence electrons. The zero-order valence-corrected chi connectivity index (χ0v) is 11.6. The number of anilines is 4. The molecule has 0 unspecified atom stereocenters. The zero-order chi connectivity index (χ0) is 15.6. The number of pyridine rings is 1. The van der Waals surface area contributed by atoms with Crippen LogP contribution >= 0.6 is 0 Å². The molecule has 1 aromatic heterocycles. The van der Waals surface area contributed by atoms with Crippen LogP contribution in [0.25, 0.3) is 0 Å². The highest BCUT2D eigenvalue weighted by atomic mass is 19.4. The van der Waals surface area contributed by atoms with Crippen molar-refractivity contribution < 1.29 is 13.2 Å². The minimum Gasteiger partial charge on any atom is -0.382 e. The molecular weight excluding hydrogens is 281 g/mol. The Kier molecular flexibility index (Phi) is 3.93. The molecule has 0 amide bonds. The van der Waals surface area contributed by atoms with Gasteiger partial charge in [-0.2, -0.15) is 13.2 Å². The van der Waals surface area contributed by atoms with Crippen LogP contribution in [0.3, 0.4) is 0 Å². The van der Waals surface area contributed by atoms with Crippen molar-refractivity contribution in [1.29, 1.82) is 0 Å². The van der Waals surface area contributed by atoms with Gasteiger partial charge in [0.1, 0.15) is 5.82 Å². The number of nitrogens with one attached hydrogen (secondary N) is 1. The molecule has 0 bridgehead atoms. The van der Waals surface area contributed by atoms with Crippen LogP contribution in [0.4, 0.5) is 36.1 Å². The summed E-state index contributed by atoms with van der Waals surface area (Å²) in [5, 5.41) is 2.84. The van der Waals surface area contributed by atoms with Crippen LogP contribution in [0.1, 0.15) is 5.56 Å². The average Bonchev–Trinajstić information content (AvgIpc) is 2.40. The number of nitrogens with zero attached hydrogens (tertiary/aromatic N) is 2. The second kappa shape index (κ2) is 5.51. The van der Waals surface area contributed by atoms with Crippen molar-refractivity contribution in [2.24, 2.45) is 0 Å². The Bertz CT molecular complexity index is 621. The van der Waals surface area contributed by atoms with Gasteiger partial charge in [0.2, 0.25) is 0 Å². The Morgan fingerprint density at radius 3 is 2.29 bits per heavy atom. The van der Waals surface area contributed by atoms with Crippen molar-refractivity contribution in [3.05, 3.63) is 42.1 Å². The number of nitrogens with two attached hydrogens (primary N) is 1. The molecule has 0 atom stereocenters. The fourth-order valence-electron chi connectivity index (χ4n) is 1.73. The van der Waals surface area contributed by atoms with Gasteiger partial charge in [0.25, 0.3) is 0 Å². The van der Waals surface area contributed by atoms with Crippen LogP contribution in [0.15, 0.2) is 36.5 Å². The van der Waals surface area contributed by atoms with Crippen LogP contribution in [-0.2, 0) is 6.18 Å². The first-order chi connectivity index (χ1) is 9.77. The third-order valence-electron chi connectivity index (χ3n) is 2.91. The predicted octanol–water partition coefficient (Wildman–Crippen LogP) is 3.49. The Morgan fingerprint density at radius 1 is 1.14 bits per heavy atom. The van der Waals surface area contributed by atoms with Crippen molar-refractivity contribution in [3.63, 3.8) is 0 Å². The standard InChI is InChI=1S/C14H15F3N4/c1-21(2)11-5-3-10(4-6-11)20-12-7-9(14(15,16)17)8-19-13(12)18/h3-8,20H,1-2H3,(H2,18,19). The Balaban J connectivity index is 2.26. The van der Waals surface area contributed by atoms with E-state index >= 15 is 0 Å².